The highest BCUT2D eigenvalue weighted by Crippen LogP contribution is 2.43. The van der Waals surface area contributed by atoms with Gasteiger partial charge in [0.15, 0.2) is 23.0 Å². The number of methoxy groups -OCH3 is 2. The van der Waals surface area contributed by atoms with Crippen LogP contribution < -0.4 is 39.4 Å². The van der Waals surface area contributed by atoms with E-state index in [-0.39, 0.29) is 34.6 Å². The summed E-state index contributed by atoms with van der Waals surface area (Å²) >= 11 is 0. The number of nitrogens with one attached hydrogen (secondary N) is 2. The van der Waals surface area contributed by atoms with Crippen molar-refractivity contribution in [1.82, 2.24) is 0 Å². The van der Waals surface area contributed by atoms with Crippen LogP contribution in [-0.4, -0.2) is 81.0 Å². The van der Waals surface area contributed by atoms with Gasteiger partial charge < -0.3 is 34.5 Å². The summed E-state index contributed by atoms with van der Waals surface area (Å²) in [5.41, 5.74) is 6.68. The van der Waals surface area contributed by atoms with Gasteiger partial charge in [0, 0.05) is 60.3 Å². The number of nitrogens with zero attached hydrogens (tertiary/aromatic N) is 3. The van der Waals surface area contributed by atoms with Gasteiger partial charge in [0.05, 0.1) is 67.7 Å². The number of rotatable bonds is 14. The lowest BCUT2D eigenvalue weighted by Crippen LogP contribution is -2.39. The Hall–Kier alpha value is -5.34. The Morgan fingerprint density at radius 1 is 0.862 bits per heavy atom. The Bertz CT molecular complexity index is 2300. The lowest BCUT2D eigenvalue weighted by atomic mass is 10.1. The van der Waals surface area contributed by atoms with Crippen molar-refractivity contribution in [3.8, 4) is 23.0 Å². The SMILES string of the molecule is COc1cc2c(cc1OCCCOc1cc3c(cc1OC)C(=O)N1c4ccccc4C[C@H]1CN3)N=C[C@@H]1Cc3ccc(NC(=O)CCC(C)(C)SSC)cc3N1C2=O. The summed E-state index contributed by atoms with van der Waals surface area (Å²) in [7, 11) is 6.57. The van der Waals surface area contributed by atoms with Crippen LogP contribution in [0.15, 0.2) is 71.7 Å². The summed E-state index contributed by atoms with van der Waals surface area (Å²) in [4.78, 5) is 49.2. The van der Waals surface area contributed by atoms with E-state index in [1.54, 1.807) is 58.0 Å². The first-order valence-corrected chi connectivity index (χ1v) is 22.0. The number of amides is 3. The van der Waals surface area contributed by atoms with E-state index >= 15 is 0 Å². The second-order valence-corrected chi connectivity index (χ2v) is 18.4. The number of carbonyl (C=O) groups is 3. The van der Waals surface area contributed by atoms with Crippen molar-refractivity contribution >= 4 is 74.0 Å². The molecule has 0 saturated heterocycles. The van der Waals surface area contributed by atoms with E-state index in [1.807, 2.05) is 53.6 Å². The molecule has 8 rings (SSSR count). The van der Waals surface area contributed by atoms with Crippen LogP contribution in [0.2, 0.25) is 0 Å². The third-order valence-electron chi connectivity index (χ3n) is 10.9. The molecule has 0 radical (unpaired) electrons. The zero-order valence-electron chi connectivity index (χ0n) is 33.3. The molecule has 0 saturated carbocycles. The topological polar surface area (TPSA) is 131 Å². The monoisotopic (exact) mass is 821 g/mol. The maximum atomic E-state index is 14.2. The number of hydrogen-bond donors (Lipinski definition) is 2. The van der Waals surface area contributed by atoms with Gasteiger partial charge in [0.2, 0.25) is 5.91 Å². The molecule has 2 N–H and O–H groups in total. The van der Waals surface area contributed by atoms with Crippen LogP contribution in [0.25, 0.3) is 0 Å². The van der Waals surface area contributed by atoms with Gasteiger partial charge in [-0.05, 0) is 74.4 Å². The van der Waals surface area contributed by atoms with Crippen LogP contribution in [0.3, 0.4) is 0 Å². The van der Waals surface area contributed by atoms with E-state index in [2.05, 4.69) is 30.5 Å². The van der Waals surface area contributed by atoms with Gasteiger partial charge in [0.1, 0.15) is 0 Å². The molecule has 4 aromatic rings. The molecule has 0 unspecified atom stereocenters. The van der Waals surface area contributed by atoms with Crippen LogP contribution >= 0.6 is 21.6 Å². The first-order valence-electron chi connectivity index (χ1n) is 19.4. The van der Waals surface area contributed by atoms with Crippen LogP contribution in [-0.2, 0) is 17.6 Å². The van der Waals surface area contributed by atoms with E-state index in [0.717, 1.165) is 29.8 Å². The van der Waals surface area contributed by atoms with Crippen molar-refractivity contribution in [2.75, 3.05) is 60.7 Å². The van der Waals surface area contributed by atoms with Crippen LogP contribution in [0, 0.1) is 0 Å². The molecule has 4 heterocycles. The van der Waals surface area contributed by atoms with Crippen molar-refractivity contribution in [1.29, 1.82) is 0 Å². The minimum absolute atomic E-state index is 0.0137. The Morgan fingerprint density at radius 2 is 1.57 bits per heavy atom. The van der Waals surface area contributed by atoms with Gasteiger partial charge in [-0.15, -0.1) is 0 Å². The first kappa shape index (κ1) is 39.5. The molecule has 302 valence electrons. The Balaban J connectivity index is 0.905. The molecule has 58 heavy (non-hydrogen) atoms. The lowest BCUT2D eigenvalue weighted by molar-refractivity contribution is -0.116. The van der Waals surface area contributed by atoms with Crippen LogP contribution in [0.1, 0.15) is 65.0 Å². The third kappa shape index (κ3) is 7.79. The average Bonchev–Trinajstić information content (AvgIpc) is 3.70. The number of hydrogen-bond acceptors (Lipinski definition) is 11. The number of para-hydroxylation sites is 1. The molecule has 0 spiro atoms. The zero-order valence-corrected chi connectivity index (χ0v) is 34.9. The van der Waals surface area contributed by atoms with E-state index in [9.17, 15) is 14.4 Å². The maximum absolute atomic E-state index is 14.2. The van der Waals surface area contributed by atoms with E-state index in [4.69, 9.17) is 23.9 Å². The Morgan fingerprint density at radius 3 is 2.33 bits per heavy atom. The molecule has 4 aromatic carbocycles. The largest absolute Gasteiger partial charge is 0.493 e. The second kappa shape index (κ2) is 16.5. The van der Waals surface area contributed by atoms with E-state index < -0.39 is 0 Å². The number of carbonyl (C=O) groups excluding carboxylic acids is 3. The Kier molecular flexibility index (Phi) is 11.2. The highest BCUT2D eigenvalue weighted by molar-refractivity contribution is 8.76. The number of aliphatic imine (C=N–C) groups is 1. The summed E-state index contributed by atoms with van der Waals surface area (Å²) < 4.78 is 23.7. The minimum Gasteiger partial charge on any atom is -0.493 e. The molecule has 3 amide bonds. The number of ether oxygens (including phenoxy) is 4. The van der Waals surface area contributed by atoms with Gasteiger partial charge in [-0.25, -0.2) is 0 Å². The molecule has 0 aromatic heterocycles. The normalized spacial score (nSPS) is 17.5. The van der Waals surface area contributed by atoms with Gasteiger partial charge in [-0.3, -0.25) is 24.3 Å². The molecule has 2 atom stereocenters. The summed E-state index contributed by atoms with van der Waals surface area (Å²) in [6, 6.07) is 20.5. The molecule has 14 heteroatoms. The van der Waals surface area contributed by atoms with E-state index in [0.29, 0.717) is 90.2 Å². The van der Waals surface area contributed by atoms with Crippen molar-refractivity contribution in [3.63, 3.8) is 0 Å². The average molecular weight is 822 g/mol. The minimum atomic E-state index is -0.273. The lowest BCUT2D eigenvalue weighted by Gasteiger charge is -2.23. The summed E-state index contributed by atoms with van der Waals surface area (Å²) in [6.07, 6.45) is 6.94. The van der Waals surface area contributed by atoms with Crippen LogP contribution in [0.4, 0.5) is 28.4 Å². The predicted molar refractivity (Wildman–Crippen MR) is 233 cm³/mol. The van der Waals surface area contributed by atoms with Gasteiger partial charge >= 0.3 is 0 Å². The molecule has 0 fully saturated rings. The van der Waals surface area contributed by atoms with Gasteiger partial charge in [0.25, 0.3) is 11.8 Å². The first-order chi connectivity index (χ1) is 28.1. The summed E-state index contributed by atoms with van der Waals surface area (Å²) in [5.74, 6) is 1.55. The van der Waals surface area contributed by atoms with Crippen molar-refractivity contribution < 1.29 is 33.3 Å². The highest BCUT2D eigenvalue weighted by Gasteiger charge is 2.39. The van der Waals surface area contributed by atoms with E-state index in [1.165, 1.54) is 12.7 Å². The molecule has 0 bridgehead atoms. The fourth-order valence-electron chi connectivity index (χ4n) is 8.05. The zero-order chi connectivity index (χ0) is 40.6. The number of fused-ring (bicyclic) bond motifs is 8. The third-order valence-corrected chi connectivity index (χ3v) is 13.6. The summed E-state index contributed by atoms with van der Waals surface area (Å²) in [6.45, 7) is 5.53. The van der Waals surface area contributed by atoms with Crippen LogP contribution in [0.5, 0.6) is 23.0 Å². The quantitative estimate of drug-likeness (QED) is 0.0946. The van der Waals surface area contributed by atoms with Crippen molar-refractivity contribution in [2.24, 2.45) is 4.99 Å². The molecule has 12 nitrogen and oxygen atoms in total. The van der Waals surface area contributed by atoms with Crippen molar-refractivity contribution in [3.05, 3.63) is 89.0 Å². The number of anilines is 4. The standard InChI is InChI=1S/C44H47N5O7S2/c1-44(2,58-57-5)14-13-41(50)47-28-12-11-27-18-30-25-46-34-23-40(38(54-4)21-32(34)43(52)49(30)36(27)19-28)56-16-8-15-55-39-22-33-31(20-37(39)53-3)42(51)48-29(24-45-33)17-26-9-6-7-10-35(26)48/h6-7,9-12,19-23,25,29-30,45H,8,13-18,24H2,1-5H3,(H,47,50)/t29-,30-/m0/s1. The smallest absolute Gasteiger partial charge is 0.261 e. The molecular formula is C44H47N5O7S2. The fraction of sp³-hybridized carbons (Fsp3) is 0.364. The Labute approximate surface area is 346 Å². The van der Waals surface area contributed by atoms with Crippen molar-refractivity contribution in [2.45, 2.75) is 62.8 Å². The molecule has 4 aliphatic rings. The highest BCUT2D eigenvalue weighted by atomic mass is 33.1. The molecule has 0 aliphatic carbocycles. The van der Waals surface area contributed by atoms with Gasteiger partial charge in [-0.1, -0.05) is 45.9 Å². The summed E-state index contributed by atoms with van der Waals surface area (Å²) in [5, 5.41) is 6.50. The fourth-order valence-corrected chi connectivity index (χ4v) is 10.3. The molecule has 4 aliphatic heterocycles. The second-order valence-electron chi connectivity index (χ2n) is 15.3. The number of benzene rings is 4. The predicted octanol–water partition coefficient (Wildman–Crippen LogP) is 8.34. The van der Waals surface area contributed by atoms with Gasteiger partial charge in [-0.2, -0.15) is 0 Å². The molecular weight excluding hydrogens is 775 g/mol. The maximum Gasteiger partial charge on any atom is 0.261 e.